The van der Waals surface area contributed by atoms with Gasteiger partial charge in [-0.1, -0.05) is 0 Å². The van der Waals surface area contributed by atoms with Gasteiger partial charge in [0.1, 0.15) is 0 Å². The van der Waals surface area contributed by atoms with E-state index in [0.717, 1.165) is 17.8 Å². The van der Waals surface area contributed by atoms with Crippen LogP contribution in [0.1, 0.15) is 0 Å². The van der Waals surface area contributed by atoms with E-state index in [1.807, 2.05) is 0 Å². The second kappa shape index (κ2) is 23.7. The minimum absolute atomic E-state index is 1.12. The van der Waals surface area contributed by atoms with Crippen molar-refractivity contribution in [2.24, 2.45) is 0 Å². The van der Waals surface area contributed by atoms with E-state index in [9.17, 15) is 0 Å². The van der Waals surface area contributed by atoms with Crippen molar-refractivity contribution in [1.82, 2.24) is 9.80 Å². The predicted molar refractivity (Wildman–Crippen MR) is 57.3 cm³/mol. The molecule has 1 rings (SSSR count). The van der Waals surface area contributed by atoms with Gasteiger partial charge in [-0.15, -0.1) is 0 Å². The van der Waals surface area contributed by atoms with Crippen molar-refractivity contribution in [3.05, 3.63) is 0 Å². The van der Waals surface area contributed by atoms with E-state index >= 15 is 0 Å². The molecule has 0 radical (unpaired) electrons. The number of carbonyl (C=O) groups excluding carboxylic acids is 4. The van der Waals surface area contributed by atoms with Gasteiger partial charge < -0.3 is 19.2 Å². The number of hydrogen-bond donors (Lipinski definition) is 0. The van der Waals surface area contributed by atoms with E-state index in [1.165, 1.54) is 0 Å². The second-order valence-corrected chi connectivity index (χ2v) is 2.60. The van der Waals surface area contributed by atoms with Crippen LogP contribution in [0.5, 0.6) is 0 Å². The topological polar surface area (TPSA) is 74.8 Å². The van der Waals surface area contributed by atoms with Crippen molar-refractivity contribution in [3.8, 4) is 0 Å². The molecule has 16 heavy (non-hydrogen) atoms. The largest absolute Gasteiger partial charge is 0.545 e. The number of nitrogens with zero attached hydrogens (tertiary/aromatic N) is 2. The van der Waals surface area contributed by atoms with Crippen LogP contribution in [0, 0.1) is 0 Å². The van der Waals surface area contributed by atoms with Crippen molar-refractivity contribution < 1.29 is 34.8 Å². The van der Waals surface area contributed by atoms with Crippen LogP contribution in [-0.4, -0.2) is 68.8 Å². The normalized spacial score (nSPS) is 13.6. The van der Waals surface area contributed by atoms with Gasteiger partial charge in [0.2, 0.25) is 0 Å². The van der Waals surface area contributed by atoms with E-state index in [4.69, 9.17) is 19.2 Å². The maximum absolute atomic E-state index is 7.75. The standard InChI is InChI=1S/C5H10N2.4CHO.Fe/c1-6-3-4-7(2)5-6;4*1-2;/h3-4H2,1-2H3;4*1H;/q;4*-1;. The molecule has 0 saturated carbocycles. The summed E-state index contributed by atoms with van der Waals surface area (Å²) in [6.45, 7) is 15.2. The Hall–Kier alpha value is -1.01. The molecular weight excluding hydrogens is 256 g/mol. The Morgan fingerprint density at radius 1 is 0.812 bits per heavy atom. The summed E-state index contributed by atoms with van der Waals surface area (Å²) >= 11 is 3.87. The maximum Gasteiger partial charge on any atom is -0.282 e. The van der Waals surface area contributed by atoms with Crippen molar-refractivity contribution in [1.29, 1.82) is 0 Å². The van der Waals surface area contributed by atoms with Gasteiger partial charge in [0.15, 0.2) is 0 Å². The number of hydrogen-bond acceptors (Lipinski definition) is 6. The molecule has 0 aromatic rings. The number of rotatable bonds is 0. The Morgan fingerprint density at radius 2 is 1.00 bits per heavy atom. The summed E-state index contributed by atoms with van der Waals surface area (Å²) in [5.74, 6) is 0. The van der Waals surface area contributed by atoms with Crippen LogP contribution in [0.25, 0.3) is 0 Å². The monoisotopic (exact) mass is 270 g/mol. The summed E-state index contributed by atoms with van der Waals surface area (Å²) in [5, 5.41) is 0. The smallest absolute Gasteiger partial charge is 0.282 e. The Morgan fingerprint density at radius 3 is 1.06 bits per heavy atom. The average Bonchev–Trinajstić information content (AvgIpc) is 2.70. The van der Waals surface area contributed by atoms with E-state index < -0.39 is 0 Å². The Bertz CT molecular complexity index is 152. The van der Waals surface area contributed by atoms with E-state index in [-0.39, 0.29) is 0 Å². The summed E-state index contributed by atoms with van der Waals surface area (Å²) in [4.78, 5) is 35.3. The van der Waals surface area contributed by atoms with E-state index in [0.29, 0.717) is 0 Å². The molecular formula is C9H14FeN2O4-4. The van der Waals surface area contributed by atoms with Gasteiger partial charge in [-0.25, -0.2) is 0 Å². The first-order valence-corrected chi connectivity index (χ1v) is 4.15. The van der Waals surface area contributed by atoms with Gasteiger partial charge in [0, 0.05) is 0 Å². The van der Waals surface area contributed by atoms with Gasteiger partial charge in [0.25, 0.3) is 0 Å². The fourth-order valence-electron chi connectivity index (χ4n) is 0.770. The molecule has 0 unspecified atom stereocenters. The molecule has 0 aromatic heterocycles. The molecule has 0 N–H and O–H groups in total. The quantitative estimate of drug-likeness (QED) is 0.300. The minimum atomic E-state index is 1.12. The van der Waals surface area contributed by atoms with Crippen LogP contribution < -0.4 is 0 Å². The predicted octanol–water partition coefficient (Wildman–Crippen LogP) is -1.60. The molecule has 7 heteroatoms. The van der Waals surface area contributed by atoms with E-state index in [2.05, 4.69) is 66.6 Å². The average molecular weight is 270 g/mol. The minimum Gasteiger partial charge on any atom is -0.545 e. The van der Waals surface area contributed by atoms with Crippen LogP contribution >= 0.6 is 0 Å². The summed E-state index contributed by atoms with van der Waals surface area (Å²) in [6.07, 6.45) is 0. The zero-order valence-electron chi connectivity index (χ0n) is 9.10. The molecule has 0 bridgehead atoms. The second-order valence-electron chi connectivity index (χ2n) is 2.10. The van der Waals surface area contributed by atoms with Crippen LogP contribution in [0.3, 0.4) is 0 Å². The van der Waals surface area contributed by atoms with Crippen LogP contribution in [0.15, 0.2) is 0 Å². The molecule has 0 aliphatic carbocycles. The molecule has 96 valence electrons. The molecule has 0 aromatic carbocycles. The summed E-state index contributed by atoms with van der Waals surface area (Å²) in [6, 6.07) is 0. The summed E-state index contributed by atoms with van der Waals surface area (Å²) in [5.41, 5.74) is 0. The van der Waals surface area contributed by atoms with Crippen LogP contribution in [0.4, 0.5) is 0 Å². The fourth-order valence-corrected chi connectivity index (χ4v) is 1.02. The first-order chi connectivity index (χ1) is 7.72. The van der Waals surface area contributed by atoms with Gasteiger partial charge in [-0.3, -0.25) is 27.2 Å². The molecule has 6 nitrogen and oxygen atoms in total. The van der Waals surface area contributed by atoms with Gasteiger partial charge in [0.05, 0.1) is 0 Å². The third kappa shape index (κ3) is 13.0. The summed E-state index contributed by atoms with van der Waals surface area (Å²) < 4.78 is 1.13. The molecule has 1 saturated heterocycles. The summed E-state index contributed by atoms with van der Waals surface area (Å²) in [7, 11) is 4.12. The van der Waals surface area contributed by atoms with Crippen molar-refractivity contribution in [2.75, 3.05) is 27.2 Å². The maximum atomic E-state index is 7.75. The van der Waals surface area contributed by atoms with Gasteiger partial charge in [-0.05, 0) is 0 Å². The molecule has 1 fully saturated rings. The zero-order chi connectivity index (χ0) is 14.1. The van der Waals surface area contributed by atoms with E-state index in [1.54, 1.807) is 0 Å². The molecule has 0 atom stereocenters. The molecule has 0 amide bonds. The van der Waals surface area contributed by atoms with Crippen LogP contribution in [-0.2, 0) is 34.8 Å². The number of likely N-dealkylation sites (N-methyl/N-ethyl adjacent to an activating group) is 2. The zero-order valence-corrected chi connectivity index (χ0v) is 10.2. The Kier molecular flexibility index (Phi) is 35.9. The molecule has 0 spiro atoms. The fraction of sp³-hybridized carbons (Fsp3) is 0.444. The Labute approximate surface area is 104 Å². The Balaban J connectivity index is -0.0000000771. The molecule has 1 heterocycles. The first kappa shape index (κ1) is 24.3. The van der Waals surface area contributed by atoms with Crippen LogP contribution in [0.2, 0.25) is 0 Å². The molecule has 1 aliphatic rings. The third-order valence-corrected chi connectivity index (χ3v) is 2.23. The molecule has 1 aliphatic heterocycles. The first-order valence-electron chi connectivity index (χ1n) is 3.59. The van der Waals surface area contributed by atoms with Crippen molar-refractivity contribution in [3.63, 3.8) is 0 Å². The van der Waals surface area contributed by atoms with Gasteiger partial charge >= 0.3 is 57.2 Å². The van der Waals surface area contributed by atoms with Gasteiger partial charge in [-0.2, -0.15) is 0 Å². The van der Waals surface area contributed by atoms with Crippen molar-refractivity contribution >= 4 is 31.8 Å². The SMILES string of the molecule is CN1CCN(C)[C]1=[Fe].[CH-]=O.[CH-]=O.[CH-]=O.[CH-]=O. The third-order valence-electron chi connectivity index (χ3n) is 1.38. The van der Waals surface area contributed by atoms with Crippen molar-refractivity contribution in [2.45, 2.75) is 0 Å².